The van der Waals surface area contributed by atoms with E-state index >= 15 is 0 Å². The largest absolute Gasteiger partial charge is 0.354 e. The van der Waals surface area contributed by atoms with Crippen LogP contribution in [0.15, 0.2) is 12.4 Å². The minimum absolute atomic E-state index is 0. The summed E-state index contributed by atoms with van der Waals surface area (Å²) in [6, 6.07) is 2.37. The number of halogens is 3. The van der Waals surface area contributed by atoms with Crippen molar-refractivity contribution in [2.24, 2.45) is 5.92 Å². The smallest absolute Gasteiger partial charge is 0.237 e. The molecule has 1 amide bonds. The van der Waals surface area contributed by atoms with Gasteiger partial charge in [-0.15, -0.1) is 24.8 Å². The lowest BCUT2D eigenvalue weighted by molar-refractivity contribution is -0.130. The molecule has 2 fully saturated rings. The molecule has 1 saturated heterocycles. The molecule has 3 rings (SSSR count). The van der Waals surface area contributed by atoms with E-state index in [1.54, 1.807) is 17.3 Å². The lowest BCUT2D eigenvalue weighted by atomic mass is 9.86. The molecule has 2 N–H and O–H groups in total. The number of likely N-dealkylation sites (tertiary alicyclic amines) is 1. The Labute approximate surface area is 183 Å². The molecule has 1 aromatic heterocycles. The van der Waals surface area contributed by atoms with Crippen molar-refractivity contribution in [2.75, 3.05) is 25.0 Å². The zero-order chi connectivity index (χ0) is 18.4. The van der Waals surface area contributed by atoms with E-state index in [1.807, 2.05) is 0 Å². The highest BCUT2D eigenvalue weighted by Crippen LogP contribution is 2.24. The van der Waals surface area contributed by atoms with Crippen molar-refractivity contribution in [1.82, 2.24) is 20.2 Å². The van der Waals surface area contributed by atoms with Gasteiger partial charge in [0.15, 0.2) is 0 Å². The first-order valence-corrected chi connectivity index (χ1v) is 9.67. The van der Waals surface area contributed by atoms with E-state index in [2.05, 4.69) is 26.7 Å². The molecule has 0 aromatic carbocycles. The number of nitrogens with one attached hydrogen (secondary N) is 2. The molecule has 0 bridgehead atoms. The first-order valence-electron chi connectivity index (χ1n) is 9.29. The van der Waals surface area contributed by atoms with Crippen LogP contribution < -0.4 is 10.6 Å². The Kier molecular flexibility index (Phi) is 10.8. The third-order valence-corrected chi connectivity index (χ3v) is 5.48. The second-order valence-electron chi connectivity index (χ2n) is 7.08. The molecule has 0 unspecified atom stereocenters. The van der Waals surface area contributed by atoms with Crippen LogP contribution >= 0.6 is 36.4 Å². The molecule has 2 aliphatic rings. The highest BCUT2D eigenvalue weighted by Gasteiger charge is 2.29. The molecule has 2 heterocycles. The fourth-order valence-electron chi connectivity index (χ4n) is 3.74. The van der Waals surface area contributed by atoms with Crippen LogP contribution in [0.25, 0.3) is 0 Å². The van der Waals surface area contributed by atoms with E-state index in [9.17, 15) is 4.79 Å². The predicted octanol–water partition coefficient (Wildman–Crippen LogP) is 3.05. The topological polar surface area (TPSA) is 93.9 Å². The molecule has 0 spiro atoms. The molecule has 0 radical (unpaired) electrons. The van der Waals surface area contributed by atoms with Gasteiger partial charge in [0.1, 0.15) is 6.04 Å². The average Bonchev–Trinajstić information content (AvgIpc) is 3.15. The Balaban J connectivity index is 0.00000196. The number of aromatic nitrogens is 2. The normalized spacial score (nSPS) is 23.9. The monoisotopic (exact) mass is 448 g/mol. The van der Waals surface area contributed by atoms with Crippen LogP contribution in [0.5, 0.6) is 0 Å². The van der Waals surface area contributed by atoms with Gasteiger partial charge in [0, 0.05) is 19.1 Å². The number of hydrogen-bond donors (Lipinski definition) is 2. The van der Waals surface area contributed by atoms with E-state index in [-0.39, 0.29) is 36.8 Å². The van der Waals surface area contributed by atoms with Crippen LogP contribution in [0.4, 0.5) is 5.95 Å². The Morgan fingerprint density at radius 2 is 1.89 bits per heavy atom. The number of carbonyl (C=O) groups is 1. The van der Waals surface area contributed by atoms with E-state index in [4.69, 9.17) is 16.9 Å². The minimum Gasteiger partial charge on any atom is -0.354 e. The Bertz CT molecular complexity index is 646. The molecule has 156 valence electrons. The lowest BCUT2D eigenvalue weighted by Gasteiger charge is -2.30. The van der Waals surface area contributed by atoms with Gasteiger partial charge in [0.25, 0.3) is 0 Å². The summed E-state index contributed by atoms with van der Waals surface area (Å²) < 4.78 is 0. The molecule has 28 heavy (non-hydrogen) atoms. The average molecular weight is 450 g/mol. The molecule has 7 nitrogen and oxygen atoms in total. The summed E-state index contributed by atoms with van der Waals surface area (Å²) in [6.07, 6.45) is 9.24. The highest BCUT2D eigenvalue weighted by atomic mass is 35.5. The maximum atomic E-state index is 12.3. The van der Waals surface area contributed by atoms with Crippen LogP contribution in [0.2, 0.25) is 5.02 Å². The second-order valence-corrected chi connectivity index (χ2v) is 7.52. The van der Waals surface area contributed by atoms with Gasteiger partial charge < -0.3 is 15.5 Å². The van der Waals surface area contributed by atoms with Gasteiger partial charge >= 0.3 is 0 Å². The predicted molar refractivity (Wildman–Crippen MR) is 114 cm³/mol. The summed E-state index contributed by atoms with van der Waals surface area (Å²) in [6.45, 7) is 1.90. The third-order valence-electron chi connectivity index (χ3n) is 5.28. The minimum atomic E-state index is -0.235. The molecular formula is C18H27Cl3N6O. The number of hydrogen-bond acceptors (Lipinski definition) is 6. The van der Waals surface area contributed by atoms with Crippen molar-refractivity contribution < 1.29 is 4.79 Å². The van der Waals surface area contributed by atoms with Crippen LogP contribution in [0.3, 0.4) is 0 Å². The first-order chi connectivity index (χ1) is 12.7. The Morgan fingerprint density at radius 1 is 1.21 bits per heavy atom. The summed E-state index contributed by atoms with van der Waals surface area (Å²) in [5.74, 6) is 1.25. The standard InChI is InChI=1S/C18H25ClN6O.2ClH/c19-14-10-23-18(24-11-14)22-9-13-3-5-15(6-4-13)21-12-17(26)25-7-1-2-16(25)8-20;;/h10-11,13,15-16,21H,1-7,9,12H2,(H,22,23,24);2*1H/t13-,15-,16-;;/m0../s1. The van der Waals surface area contributed by atoms with Gasteiger partial charge in [-0.2, -0.15) is 5.26 Å². The van der Waals surface area contributed by atoms with Crippen LogP contribution in [0.1, 0.15) is 38.5 Å². The zero-order valence-corrected chi connectivity index (χ0v) is 18.0. The molecule has 10 heteroatoms. The number of nitrogens with zero attached hydrogens (tertiary/aromatic N) is 4. The molecule has 1 atom stereocenters. The van der Waals surface area contributed by atoms with Gasteiger partial charge in [-0.05, 0) is 44.4 Å². The SMILES string of the molecule is Cl.Cl.N#C[C@@H]1CCCN1C(=O)CN[C@H]1CC[C@H](CNc2ncc(Cl)cn2)CC1. The van der Waals surface area contributed by atoms with Gasteiger partial charge in [0.2, 0.25) is 11.9 Å². The third kappa shape index (κ3) is 6.93. The number of rotatable bonds is 6. The first kappa shape index (κ1) is 24.7. The fraction of sp³-hybridized carbons (Fsp3) is 0.667. The van der Waals surface area contributed by atoms with Crippen molar-refractivity contribution >= 4 is 48.3 Å². The Hall–Kier alpha value is -1.33. The number of nitriles is 1. The molecule has 1 aromatic rings. The quantitative estimate of drug-likeness (QED) is 0.693. The fourth-order valence-corrected chi connectivity index (χ4v) is 3.84. The van der Waals surface area contributed by atoms with E-state index in [1.165, 1.54) is 0 Å². The highest BCUT2D eigenvalue weighted by molar-refractivity contribution is 6.30. The summed E-state index contributed by atoms with van der Waals surface area (Å²) in [7, 11) is 0. The van der Waals surface area contributed by atoms with Gasteiger partial charge in [-0.1, -0.05) is 11.6 Å². The van der Waals surface area contributed by atoms with Crippen LogP contribution in [-0.4, -0.2) is 52.5 Å². The van der Waals surface area contributed by atoms with E-state index in [0.29, 0.717) is 36.0 Å². The van der Waals surface area contributed by atoms with Crippen molar-refractivity contribution in [3.05, 3.63) is 17.4 Å². The van der Waals surface area contributed by atoms with Crippen molar-refractivity contribution in [3.63, 3.8) is 0 Å². The number of amides is 1. The molecule has 1 aliphatic carbocycles. The summed E-state index contributed by atoms with van der Waals surface area (Å²) in [4.78, 5) is 22.3. The Morgan fingerprint density at radius 3 is 2.54 bits per heavy atom. The molecule has 1 saturated carbocycles. The number of carbonyl (C=O) groups excluding carboxylic acids is 1. The van der Waals surface area contributed by atoms with Crippen LogP contribution in [-0.2, 0) is 4.79 Å². The van der Waals surface area contributed by atoms with Gasteiger partial charge in [-0.25, -0.2) is 9.97 Å². The van der Waals surface area contributed by atoms with Gasteiger partial charge in [-0.3, -0.25) is 4.79 Å². The van der Waals surface area contributed by atoms with Crippen LogP contribution in [0, 0.1) is 17.2 Å². The molecular weight excluding hydrogens is 423 g/mol. The maximum Gasteiger partial charge on any atom is 0.237 e. The number of anilines is 1. The lowest BCUT2D eigenvalue weighted by Crippen LogP contribution is -2.44. The zero-order valence-electron chi connectivity index (χ0n) is 15.6. The second kappa shape index (κ2) is 12.3. The maximum absolute atomic E-state index is 12.3. The summed E-state index contributed by atoms with van der Waals surface area (Å²) in [5, 5.41) is 16.3. The summed E-state index contributed by atoms with van der Waals surface area (Å²) >= 11 is 5.78. The van der Waals surface area contributed by atoms with Crippen molar-refractivity contribution in [3.8, 4) is 6.07 Å². The van der Waals surface area contributed by atoms with E-state index in [0.717, 1.165) is 45.1 Å². The van der Waals surface area contributed by atoms with Gasteiger partial charge in [0.05, 0.1) is 30.0 Å². The molecule has 1 aliphatic heterocycles. The summed E-state index contributed by atoms with van der Waals surface area (Å²) in [5.41, 5.74) is 0. The van der Waals surface area contributed by atoms with E-state index < -0.39 is 0 Å². The van der Waals surface area contributed by atoms with Crippen molar-refractivity contribution in [1.29, 1.82) is 5.26 Å². The van der Waals surface area contributed by atoms with Crippen molar-refractivity contribution in [2.45, 2.75) is 50.6 Å².